The van der Waals surface area contributed by atoms with Crippen molar-refractivity contribution in [2.24, 2.45) is 7.05 Å². The van der Waals surface area contributed by atoms with Crippen LogP contribution in [0.3, 0.4) is 0 Å². The van der Waals surface area contributed by atoms with Crippen molar-refractivity contribution in [1.29, 1.82) is 0 Å². The number of benzene rings is 2. The molecule has 0 spiro atoms. The van der Waals surface area contributed by atoms with Gasteiger partial charge in [-0.2, -0.15) is 13.8 Å². The minimum absolute atomic E-state index is 0.00601. The van der Waals surface area contributed by atoms with E-state index in [0.717, 1.165) is 38.7 Å². The molecule has 0 fully saturated rings. The van der Waals surface area contributed by atoms with Crippen molar-refractivity contribution in [3.8, 4) is 22.9 Å². The molecule has 0 saturated carbocycles. The van der Waals surface area contributed by atoms with E-state index in [-0.39, 0.29) is 34.5 Å². The number of fused-ring (bicyclic) bond motifs is 2. The molecule has 1 amide bonds. The molecular weight excluding hydrogens is 696 g/mol. The van der Waals surface area contributed by atoms with Gasteiger partial charge in [-0.05, 0) is 50.6 Å². The van der Waals surface area contributed by atoms with Crippen molar-refractivity contribution in [3.63, 3.8) is 0 Å². The molecule has 4 aromatic heterocycles. The van der Waals surface area contributed by atoms with E-state index < -0.39 is 23.6 Å². The molecule has 12 nitrogen and oxygen atoms in total. The number of nitrogens with one attached hydrogen (secondary N) is 1. The molecule has 0 aliphatic carbocycles. The van der Waals surface area contributed by atoms with Gasteiger partial charge >= 0.3 is 6.55 Å². The summed E-state index contributed by atoms with van der Waals surface area (Å²) in [5, 5.41) is 2.52. The maximum atomic E-state index is 13.0. The molecule has 0 saturated heterocycles. The number of hydrogen-bond acceptors (Lipinski definition) is 7. The van der Waals surface area contributed by atoms with Gasteiger partial charge in [0, 0.05) is 31.5 Å². The Morgan fingerprint density at radius 3 is 2.25 bits per heavy atom. The van der Waals surface area contributed by atoms with E-state index in [0.29, 0.717) is 16.9 Å². The number of carbonyl (C=O) groups is 1. The van der Waals surface area contributed by atoms with Gasteiger partial charge in [0.1, 0.15) is 23.1 Å². The summed E-state index contributed by atoms with van der Waals surface area (Å²) in [5.41, 5.74) is 3.16. The number of carbonyl (C=O) groups excluding carboxylic acids is 1. The number of nitrogens with zero attached hydrogens (tertiary/aromatic N) is 6. The van der Waals surface area contributed by atoms with Gasteiger partial charge < -0.3 is 19.4 Å². The van der Waals surface area contributed by atoms with Crippen molar-refractivity contribution < 1.29 is 23.0 Å². The summed E-state index contributed by atoms with van der Waals surface area (Å²) >= 11 is 5.70. The van der Waals surface area contributed by atoms with Crippen LogP contribution < -0.4 is 25.9 Å². The average Bonchev–Trinajstić information content (AvgIpc) is 3.67. The van der Waals surface area contributed by atoms with Crippen molar-refractivity contribution in [3.05, 3.63) is 127 Å². The molecule has 4 heterocycles. The second-order valence-electron chi connectivity index (χ2n) is 11.1. The van der Waals surface area contributed by atoms with Gasteiger partial charge in [0.2, 0.25) is 17.4 Å². The number of allylic oxidation sites excluding steroid dienone is 1. The zero-order chi connectivity index (χ0) is 38.1. The van der Waals surface area contributed by atoms with Crippen molar-refractivity contribution in [2.75, 3.05) is 13.7 Å². The molecule has 274 valence electrons. The highest BCUT2D eigenvalue weighted by atomic mass is 35.5. The van der Waals surface area contributed by atoms with Crippen LogP contribution >= 0.6 is 11.6 Å². The Morgan fingerprint density at radius 1 is 0.981 bits per heavy atom. The molecule has 0 radical (unpaired) electrons. The Bertz CT molecular complexity index is 2310. The summed E-state index contributed by atoms with van der Waals surface area (Å²) in [6.07, 6.45) is 7.62. The summed E-state index contributed by atoms with van der Waals surface area (Å²) in [5.74, 6) is 0.527. The lowest BCUT2D eigenvalue weighted by molar-refractivity contribution is 0.0743. The molecular formula is C37H40ClF2N7O5. The molecule has 0 aliphatic heterocycles. The number of halogens is 3. The summed E-state index contributed by atoms with van der Waals surface area (Å²) in [6.45, 7) is 6.97. The summed E-state index contributed by atoms with van der Waals surface area (Å²) in [7, 11) is 3.44. The number of ether oxygens (including phenoxy) is 2. The van der Waals surface area contributed by atoms with Crippen molar-refractivity contribution in [2.45, 2.75) is 47.7 Å². The highest BCUT2D eigenvalue weighted by Crippen LogP contribution is 2.25. The lowest BCUT2D eigenvalue weighted by Gasteiger charge is -2.08. The molecule has 2 aromatic carbocycles. The molecule has 52 heavy (non-hydrogen) atoms. The normalized spacial score (nSPS) is 11.0. The number of methoxy groups -OCH3 is 1. The molecule has 6 aromatic rings. The molecule has 0 atom stereocenters. The monoisotopic (exact) mass is 735 g/mol. The average molecular weight is 736 g/mol. The number of aromatic nitrogens is 6. The fraction of sp³-hybridized carbons (Fsp3) is 0.270. The number of aryl methyl sites for hydroxylation is 2. The van der Waals surface area contributed by atoms with E-state index >= 15 is 0 Å². The number of hydrogen-bond donors (Lipinski definition) is 1. The van der Waals surface area contributed by atoms with Crippen LogP contribution in [0.25, 0.3) is 22.8 Å². The summed E-state index contributed by atoms with van der Waals surface area (Å²) < 4.78 is 41.0. The molecule has 15 heteroatoms. The number of alkyl halides is 2. The molecule has 0 aliphatic rings. The zero-order valence-corrected chi connectivity index (χ0v) is 30.6. The molecule has 0 unspecified atom stereocenters. The van der Waals surface area contributed by atoms with Crippen LogP contribution in [-0.2, 0) is 13.6 Å². The minimum Gasteiger partial charge on any atom is -0.497 e. The highest BCUT2D eigenvalue weighted by molar-refractivity contribution is 6.29. The largest absolute Gasteiger partial charge is 0.497 e. The smallest absolute Gasteiger partial charge is 0.322 e. The Balaban J connectivity index is 0.000000239. The maximum absolute atomic E-state index is 13.0. The van der Waals surface area contributed by atoms with Gasteiger partial charge in [-0.3, -0.25) is 18.8 Å². The van der Waals surface area contributed by atoms with E-state index in [2.05, 4.69) is 15.3 Å². The first-order chi connectivity index (χ1) is 24.9. The van der Waals surface area contributed by atoms with E-state index in [1.165, 1.54) is 17.5 Å². The third-order valence-electron chi connectivity index (χ3n) is 7.80. The van der Waals surface area contributed by atoms with E-state index in [1.54, 1.807) is 25.5 Å². The lowest BCUT2D eigenvalue weighted by atomic mass is 10.1. The first kappa shape index (κ1) is 39.0. The van der Waals surface area contributed by atoms with Crippen LogP contribution in [0.15, 0.2) is 88.9 Å². The second kappa shape index (κ2) is 17.4. The minimum atomic E-state index is -2.90. The van der Waals surface area contributed by atoms with Crippen LogP contribution in [0.5, 0.6) is 11.6 Å². The summed E-state index contributed by atoms with van der Waals surface area (Å²) in [6, 6.07) is 15.4. The fourth-order valence-corrected chi connectivity index (χ4v) is 5.24. The van der Waals surface area contributed by atoms with Crippen LogP contribution in [0.1, 0.15) is 54.4 Å². The number of rotatable bonds is 9. The third kappa shape index (κ3) is 8.40. The third-order valence-corrected chi connectivity index (χ3v) is 8.08. The first-order valence-corrected chi connectivity index (χ1v) is 16.7. The highest BCUT2D eigenvalue weighted by Gasteiger charge is 2.21. The quantitative estimate of drug-likeness (QED) is 0.162. The zero-order valence-electron chi connectivity index (χ0n) is 29.9. The topological polar surface area (TPSA) is 126 Å². The van der Waals surface area contributed by atoms with Crippen LogP contribution in [-0.4, -0.2) is 47.5 Å². The van der Waals surface area contributed by atoms with Crippen LogP contribution in [0.2, 0.25) is 5.15 Å². The SMILES string of the molecule is C/C=C/COc1nc2n(C(F)F)c(Cl)cn2c(=O)c1C.CC.COc1ccc(-c2cn3c(=O)c(C(=O)NCc4ccc(C)cc4)cnc3n2C)cc1. The van der Waals surface area contributed by atoms with E-state index in [9.17, 15) is 23.2 Å². The number of imidazole rings is 2. The number of amides is 1. The Hall–Kier alpha value is -5.76. The second-order valence-corrected chi connectivity index (χ2v) is 11.5. The van der Waals surface area contributed by atoms with Gasteiger partial charge in [0.15, 0.2) is 0 Å². The maximum Gasteiger partial charge on any atom is 0.322 e. The molecule has 6 rings (SSSR count). The Labute approximate surface area is 303 Å². The van der Waals surface area contributed by atoms with Gasteiger partial charge in [0.25, 0.3) is 17.0 Å². The molecule has 1 N–H and O–H groups in total. The van der Waals surface area contributed by atoms with Crippen LogP contribution in [0.4, 0.5) is 8.78 Å². The van der Waals surface area contributed by atoms with Crippen molar-refractivity contribution >= 4 is 29.1 Å². The van der Waals surface area contributed by atoms with Gasteiger partial charge in [-0.1, -0.05) is 67.4 Å². The fourth-order valence-electron chi connectivity index (χ4n) is 5.00. The van der Waals surface area contributed by atoms with Gasteiger partial charge in [-0.15, -0.1) is 0 Å². The Kier molecular flexibility index (Phi) is 13.1. The first-order valence-electron chi connectivity index (χ1n) is 16.3. The lowest BCUT2D eigenvalue weighted by Crippen LogP contribution is -2.31. The summed E-state index contributed by atoms with van der Waals surface area (Å²) in [4.78, 5) is 45.9. The van der Waals surface area contributed by atoms with Gasteiger partial charge in [0.05, 0.1) is 24.6 Å². The van der Waals surface area contributed by atoms with Crippen molar-refractivity contribution in [1.82, 2.24) is 33.2 Å². The van der Waals surface area contributed by atoms with Gasteiger partial charge in [-0.25, -0.2) is 14.0 Å². The predicted molar refractivity (Wildman–Crippen MR) is 197 cm³/mol. The Morgan fingerprint density at radius 2 is 1.63 bits per heavy atom. The van der Waals surface area contributed by atoms with Crippen LogP contribution in [0, 0.1) is 13.8 Å². The van der Waals surface area contributed by atoms with E-state index in [1.807, 2.05) is 87.8 Å². The molecule has 0 bridgehead atoms. The standard InChI is InChI=1S/C23H22N4O3.C12H12ClF2N3O2.C2H6/c1-15-4-6-16(7-5-15)12-24-21(28)19-13-25-23-26(2)20(14-27(23)22(19)29)17-8-10-18(30-3)11-9-17;1-3-4-5-20-9-7(2)10(19)17-6-8(13)18(11(14)15)12(17)16-9;1-2/h4-11,13-14H,12H2,1-3H3,(H,24,28);3-4,6,11H,5H2,1-2H3;1-2H3/b;4-3+;. The van der Waals surface area contributed by atoms with E-state index in [4.69, 9.17) is 21.1 Å². The predicted octanol–water partition coefficient (Wildman–Crippen LogP) is 6.78.